The third kappa shape index (κ3) is 4.11. The predicted molar refractivity (Wildman–Crippen MR) is 119 cm³/mol. The highest BCUT2D eigenvalue weighted by molar-refractivity contribution is 7.92. The van der Waals surface area contributed by atoms with Crippen LogP contribution in [0.25, 0.3) is 0 Å². The van der Waals surface area contributed by atoms with Gasteiger partial charge in [0.1, 0.15) is 0 Å². The van der Waals surface area contributed by atoms with E-state index in [0.29, 0.717) is 16.8 Å². The van der Waals surface area contributed by atoms with E-state index < -0.39 is 10.0 Å². The number of nitrogens with zero attached hydrogens (tertiary/aromatic N) is 1. The van der Waals surface area contributed by atoms with Gasteiger partial charge in [-0.25, -0.2) is 8.42 Å². The third-order valence-electron chi connectivity index (χ3n) is 6.44. The average Bonchev–Trinajstić information content (AvgIpc) is 2.96. The zero-order chi connectivity index (χ0) is 22.3. The van der Waals surface area contributed by atoms with Crippen molar-refractivity contribution in [2.75, 3.05) is 4.72 Å². The van der Waals surface area contributed by atoms with Crippen molar-refractivity contribution in [1.29, 1.82) is 0 Å². The number of sulfonamides is 1. The largest absolute Gasteiger partial charge is 0.279 e. The summed E-state index contributed by atoms with van der Waals surface area (Å²) in [5, 5.41) is 0. The Morgan fingerprint density at radius 1 is 0.903 bits per heavy atom. The van der Waals surface area contributed by atoms with Crippen LogP contribution in [0.15, 0.2) is 41.3 Å². The lowest BCUT2D eigenvalue weighted by Crippen LogP contribution is -2.30. The minimum Gasteiger partial charge on any atom is -0.279 e. The van der Waals surface area contributed by atoms with Crippen molar-refractivity contribution in [2.24, 2.45) is 11.8 Å². The van der Waals surface area contributed by atoms with Crippen molar-refractivity contribution in [2.45, 2.75) is 57.9 Å². The number of carbonyl (C=O) groups is 2. The number of aryl methyl sites for hydroxylation is 3. The summed E-state index contributed by atoms with van der Waals surface area (Å²) in [5.41, 5.74) is 3.66. The van der Waals surface area contributed by atoms with E-state index in [1.165, 1.54) is 4.90 Å². The van der Waals surface area contributed by atoms with Gasteiger partial charge in [-0.1, -0.05) is 42.7 Å². The highest BCUT2D eigenvalue weighted by Crippen LogP contribution is 2.38. The standard InChI is InChI=1S/C24H28N2O4S/c1-15-8-11-21(17(3)12-15)25-31(29,30)22-13-18(10-9-16(22)2)14-26-23(27)19-6-4-5-7-20(19)24(26)28/h8-13,19-20,25H,4-7,14H2,1-3H3/t19-,20-/m1/s1. The molecular weight excluding hydrogens is 412 g/mol. The van der Waals surface area contributed by atoms with E-state index >= 15 is 0 Å². The molecule has 2 aromatic carbocycles. The monoisotopic (exact) mass is 440 g/mol. The summed E-state index contributed by atoms with van der Waals surface area (Å²) in [6.07, 6.45) is 3.48. The first-order valence-electron chi connectivity index (χ1n) is 10.7. The number of fused-ring (bicyclic) bond motifs is 1. The zero-order valence-corrected chi connectivity index (χ0v) is 19.0. The number of imide groups is 1. The molecule has 1 saturated heterocycles. The first kappa shape index (κ1) is 21.6. The Bertz CT molecular complexity index is 1130. The number of hydrogen-bond donors (Lipinski definition) is 1. The van der Waals surface area contributed by atoms with Gasteiger partial charge in [-0.15, -0.1) is 0 Å². The second-order valence-electron chi connectivity index (χ2n) is 8.78. The van der Waals surface area contributed by atoms with Gasteiger partial charge in [0.05, 0.1) is 29.0 Å². The number of carbonyl (C=O) groups excluding carboxylic acids is 2. The molecule has 1 heterocycles. The molecule has 0 aromatic heterocycles. The molecule has 0 unspecified atom stereocenters. The number of anilines is 1. The van der Waals surface area contributed by atoms with Gasteiger partial charge >= 0.3 is 0 Å². The summed E-state index contributed by atoms with van der Waals surface area (Å²) in [7, 11) is -3.82. The molecule has 7 heteroatoms. The fourth-order valence-electron chi connectivity index (χ4n) is 4.73. The molecular formula is C24H28N2O4S. The van der Waals surface area contributed by atoms with E-state index in [1.807, 2.05) is 26.0 Å². The van der Waals surface area contributed by atoms with Gasteiger partial charge in [-0.3, -0.25) is 19.2 Å². The molecule has 1 aliphatic heterocycles. The molecule has 6 nitrogen and oxygen atoms in total. The van der Waals surface area contributed by atoms with Crippen LogP contribution in [0.2, 0.25) is 0 Å². The van der Waals surface area contributed by atoms with Crippen LogP contribution in [-0.2, 0) is 26.2 Å². The zero-order valence-electron chi connectivity index (χ0n) is 18.1. The smallest absolute Gasteiger partial charge is 0.262 e. The Morgan fingerprint density at radius 3 is 2.16 bits per heavy atom. The van der Waals surface area contributed by atoms with Crippen molar-refractivity contribution in [3.63, 3.8) is 0 Å². The van der Waals surface area contributed by atoms with Crippen LogP contribution in [0, 0.1) is 32.6 Å². The molecule has 1 saturated carbocycles. The van der Waals surface area contributed by atoms with Crippen molar-refractivity contribution >= 4 is 27.5 Å². The van der Waals surface area contributed by atoms with Crippen molar-refractivity contribution in [3.8, 4) is 0 Å². The fourth-order valence-corrected chi connectivity index (χ4v) is 6.16. The van der Waals surface area contributed by atoms with E-state index in [2.05, 4.69) is 4.72 Å². The number of rotatable bonds is 5. The minimum absolute atomic E-state index is 0.108. The van der Waals surface area contributed by atoms with E-state index in [1.54, 1.807) is 31.2 Å². The second-order valence-corrected chi connectivity index (χ2v) is 10.4. The Balaban J connectivity index is 1.60. The van der Waals surface area contributed by atoms with Gasteiger partial charge in [0.15, 0.2) is 0 Å². The van der Waals surface area contributed by atoms with E-state index in [0.717, 1.165) is 36.8 Å². The molecule has 164 valence electrons. The van der Waals surface area contributed by atoms with Crippen LogP contribution in [0.5, 0.6) is 0 Å². The molecule has 2 aliphatic rings. The minimum atomic E-state index is -3.82. The number of amides is 2. The first-order valence-corrected chi connectivity index (χ1v) is 12.2. The van der Waals surface area contributed by atoms with Crippen LogP contribution in [0.3, 0.4) is 0 Å². The number of likely N-dealkylation sites (tertiary alicyclic amines) is 1. The van der Waals surface area contributed by atoms with E-state index in [9.17, 15) is 18.0 Å². The summed E-state index contributed by atoms with van der Waals surface area (Å²) in [4.78, 5) is 27.0. The van der Waals surface area contributed by atoms with Gasteiger partial charge in [-0.05, 0) is 62.4 Å². The molecule has 2 aromatic rings. The predicted octanol–water partition coefficient (Wildman–Crippen LogP) is 4.09. The SMILES string of the molecule is Cc1ccc(NS(=O)(=O)c2cc(CN3C(=O)[C@@H]4CCCC[C@H]4C3=O)ccc2C)c(C)c1. The van der Waals surface area contributed by atoms with Gasteiger partial charge in [0.2, 0.25) is 11.8 Å². The Labute approximate surface area is 183 Å². The van der Waals surface area contributed by atoms with E-state index in [4.69, 9.17) is 0 Å². The normalized spacial score (nSPS) is 21.3. The summed E-state index contributed by atoms with van der Waals surface area (Å²) in [5.74, 6) is -0.650. The van der Waals surface area contributed by atoms with Crippen LogP contribution in [0.1, 0.15) is 47.9 Å². The van der Waals surface area contributed by atoms with Crippen LogP contribution >= 0.6 is 0 Å². The maximum absolute atomic E-state index is 13.1. The molecule has 2 fully saturated rings. The van der Waals surface area contributed by atoms with Crippen molar-refractivity contribution in [1.82, 2.24) is 4.90 Å². The Morgan fingerprint density at radius 2 is 1.55 bits per heavy atom. The highest BCUT2D eigenvalue weighted by Gasteiger charge is 2.47. The molecule has 2 atom stereocenters. The summed E-state index contributed by atoms with van der Waals surface area (Å²) in [6.45, 7) is 5.66. The number of benzene rings is 2. The maximum atomic E-state index is 13.1. The van der Waals surface area contributed by atoms with Crippen LogP contribution in [0.4, 0.5) is 5.69 Å². The molecule has 1 aliphatic carbocycles. The molecule has 2 amide bonds. The maximum Gasteiger partial charge on any atom is 0.262 e. The molecule has 0 spiro atoms. The summed E-state index contributed by atoms with van der Waals surface area (Å²) in [6, 6.07) is 10.6. The number of hydrogen-bond acceptors (Lipinski definition) is 4. The summed E-state index contributed by atoms with van der Waals surface area (Å²) >= 11 is 0. The molecule has 31 heavy (non-hydrogen) atoms. The lowest BCUT2D eigenvalue weighted by Gasteiger charge is -2.19. The van der Waals surface area contributed by atoms with Gasteiger partial charge < -0.3 is 0 Å². The Kier molecular flexibility index (Phi) is 5.64. The first-order chi connectivity index (χ1) is 14.7. The molecule has 0 radical (unpaired) electrons. The molecule has 1 N–H and O–H groups in total. The van der Waals surface area contributed by atoms with Gasteiger partial charge in [0, 0.05) is 0 Å². The van der Waals surface area contributed by atoms with E-state index in [-0.39, 0.29) is 35.1 Å². The fraction of sp³-hybridized carbons (Fsp3) is 0.417. The molecule has 0 bridgehead atoms. The van der Waals surface area contributed by atoms with Crippen LogP contribution < -0.4 is 4.72 Å². The number of nitrogens with one attached hydrogen (secondary N) is 1. The second kappa shape index (κ2) is 8.11. The van der Waals surface area contributed by atoms with Crippen molar-refractivity contribution < 1.29 is 18.0 Å². The summed E-state index contributed by atoms with van der Waals surface area (Å²) < 4.78 is 28.9. The quantitative estimate of drug-likeness (QED) is 0.710. The highest BCUT2D eigenvalue weighted by atomic mass is 32.2. The van der Waals surface area contributed by atoms with Crippen LogP contribution in [-0.4, -0.2) is 25.1 Å². The lowest BCUT2D eigenvalue weighted by molar-refractivity contribution is -0.140. The average molecular weight is 441 g/mol. The lowest BCUT2D eigenvalue weighted by atomic mass is 9.81. The third-order valence-corrected chi connectivity index (χ3v) is 7.95. The van der Waals surface area contributed by atoms with Gasteiger partial charge in [-0.2, -0.15) is 0 Å². The Hall–Kier alpha value is -2.67. The van der Waals surface area contributed by atoms with Gasteiger partial charge in [0.25, 0.3) is 10.0 Å². The topological polar surface area (TPSA) is 83.6 Å². The molecule has 4 rings (SSSR count). The van der Waals surface area contributed by atoms with Crippen molar-refractivity contribution in [3.05, 3.63) is 58.7 Å².